The first-order valence-corrected chi connectivity index (χ1v) is 8.84. The smallest absolute Gasteiger partial charge is 0.326 e. The van der Waals surface area contributed by atoms with Gasteiger partial charge in [-0.1, -0.05) is 0 Å². The summed E-state index contributed by atoms with van der Waals surface area (Å²) in [6, 6.07) is 3.53. The molecule has 3 aromatic rings. The Labute approximate surface area is 150 Å². The number of esters is 1. The van der Waals surface area contributed by atoms with Crippen LogP contribution in [0.3, 0.4) is 0 Å². The summed E-state index contributed by atoms with van der Waals surface area (Å²) in [5.41, 5.74) is 2.13. The molecule has 26 heavy (non-hydrogen) atoms. The number of hydrogen-bond acceptors (Lipinski definition) is 5. The van der Waals surface area contributed by atoms with Crippen molar-refractivity contribution in [3.05, 3.63) is 39.9 Å². The van der Waals surface area contributed by atoms with Crippen molar-refractivity contribution in [2.45, 2.75) is 58.6 Å². The van der Waals surface area contributed by atoms with E-state index in [-0.39, 0.29) is 12.1 Å². The summed E-state index contributed by atoms with van der Waals surface area (Å²) in [6.45, 7) is 7.16. The Bertz CT molecular complexity index is 1080. The van der Waals surface area contributed by atoms with E-state index in [0.717, 1.165) is 24.1 Å². The minimum Gasteiger partial charge on any atom is -0.459 e. The van der Waals surface area contributed by atoms with Gasteiger partial charge in [-0.15, -0.1) is 0 Å². The molecule has 7 heteroatoms. The maximum atomic E-state index is 13.1. The van der Waals surface area contributed by atoms with Crippen LogP contribution in [0.1, 0.15) is 50.8 Å². The Kier molecular flexibility index (Phi) is 3.64. The fourth-order valence-corrected chi connectivity index (χ4v) is 3.22. The lowest BCUT2D eigenvalue weighted by Crippen LogP contribution is -2.32. The molecular weight excluding hydrogens is 332 g/mol. The number of rotatable bonds is 3. The van der Waals surface area contributed by atoms with E-state index >= 15 is 0 Å². The van der Waals surface area contributed by atoms with E-state index in [1.807, 2.05) is 27.7 Å². The third-order valence-corrected chi connectivity index (χ3v) is 4.44. The van der Waals surface area contributed by atoms with E-state index in [0.29, 0.717) is 22.6 Å². The molecule has 1 aliphatic rings. The van der Waals surface area contributed by atoms with Crippen LogP contribution in [0.25, 0.3) is 16.7 Å². The van der Waals surface area contributed by atoms with E-state index in [4.69, 9.17) is 4.74 Å². The number of ether oxygens (including phenoxy) is 1. The van der Waals surface area contributed by atoms with Gasteiger partial charge in [0, 0.05) is 11.3 Å². The molecule has 1 fully saturated rings. The molecule has 0 atom stereocenters. The number of hydrogen-bond donors (Lipinski definition) is 0. The summed E-state index contributed by atoms with van der Waals surface area (Å²) in [4.78, 5) is 30.0. The van der Waals surface area contributed by atoms with Crippen LogP contribution in [0.5, 0.6) is 0 Å². The lowest BCUT2D eigenvalue weighted by molar-refractivity contribution is -0.155. The molecular formula is C19H22N4O3. The Balaban J connectivity index is 1.95. The van der Waals surface area contributed by atoms with Crippen molar-refractivity contribution in [2.24, 2.45) is 0 Å². The molecule has 3 aromatic heterocycles. The number of nitrogens with zero attached hydrogens (tertiary/aromatic N) is 4. The van der Waals surface area contributed by atoms with Crippen molar-refractivity contribution >= 4 is 22.6 Å². The van der Waals surface area contributed by atoms with Crippen molar-refractivity contribution in [3.63, 3.8) is 0 Å². The highest BCUT2D eigenvalue weighted by Gasteiger charge is 2.30. The average Bonchev–Trinajstić information content (AvgIpc) is 3.28. The van der Waals surface area contributed by atoms with Gasteiger partial charge in [-0.25, -0.2) is 4.98 Å². The molecule has 0 spiro atoms. The maximum Gasteiger partial charge on any atom is 0.326 e. The van der Waals surface area contributed by atoms with Gasteiger partial charge in [0.2, 0.25) is 0 Å². The minimum atomic E-state index is -0.605. The van der Waals surface area contributed by atoms with Gasteiger partial charge < -0.3 is 4.74 Å². The molecule has 1 aliphatic carbocycles. The summed E-state index contributed by atoms with van der Waals surface area (Å²) in [6.07, 6.45) is 3.93. The van der Waals surface area contributed by atoms with Gasteiger partial charge >= 0.3 is 5.97 Å². The molecule has 3 heterocycles. The molecule has 7 nitrogen and oxygen atoms in total. The van der Waals surface area contributed by atoms with Crippen molar-refractivity contribution < 1.29 is 9.53 Å². The quantitative estimate of drug-likeness (QED) is 0.676. The van der Waals surface area contributed by atoms with Crippen LogP contribution in [-0.2, 0) is 16.1 Å². The van der Waals surface area contributed by atoms with Crippen LogP contribution in [0.4, 0.5) is 0 Å². The average molecular weight is 354 g/mol. The van der Waals surface area contributed by atoms with Crippen LogP contribution >= 0.6 is 0 Å². The fourth-order valence-electron chi connectivity index (χ4n) is 3.22. The molecule has 136 valence electrons. The van der Waals surface area contributed by atoms with Gasteiger partial charge in [0.05, 0.1) is 11.6 Å². The summed E-state index contributed by atoms with van der Waals surface area (Å²) in [5, 5.41) is 4.92. The van der Waals surface area contributed by atoms with Gasteiger partial charge in [-0.3, -0.25) is 14.2 Å². The molecule has 0 aromatic carbocycles. The number of carbonyl (C=O) groups is 1. The number of aryl methyl sites for hydroxylation is 1. The summed E-state index contributed by atoms with van der Waals surface area (Å²) < 4.78 is 8.59. The van der Waals surface area contributed by atoms with Crippen molar-refractivity contribution in [1.29, 1.82) is 0 Å². The zero-order valence-electron chi connectivity index (χ0n) is 15.4. The van der Waals surface area contributed by atoms with Crippen LogP contribution in [0, 0.1) is 6.92 Å². The van der Waals surface area contributed by atoms with Gasteiger partial charge in [-0.2, -0.15) is 9.61 Å². The van der Waals surface area contributed by atoms with Gasteiger partial charge in [0.15, 0.2) is 5.65 Å². The fraction of sp³-hybridized carbons (Fsp3) is 0.474. The van der Waals surface area contributed by atoms with Crippen LogP contribution < -0.4 is 5.56 Å². The topological polar surface area (TPSA) is 78.5 Å². The molecule has 0 aliphatic heterocycles. The molecule has 4 rings (SSSR count). The van der Waals surface area contributed by atoms with Crippen molar-refractivity contribution in [2.75, 3.05) is 0 Å². The molecule has 0 amide bonds. The van der Waals surface area contributed by atoms with Crippen molar-refractivity contribution in [3.8, 4) is 0 Å². The monoisotopic (exact) mass is 354 g/mol. The molecule has 0 unspecified atom stereocenters. The van der Waals surface area contributed by atoms with E-state index in [1.165, 1.54) is 4.57 Å². The predicted octanol–water partition coefficient (Wildman–Crippen LogP) is 2.57. The van der Waals surface area contributed by atoms with Crippen LogP contribution in [0.15, 0.2) is 23.1 Å². The highest BCUT2D eigenvalue weighted by Crippen LogP contribution is 2.42. The summed E-state index contributed by atoms with van der Waals surface area (Å²) >= 11 is 0. The number of pyridine rings is 1. The third-order valence-electron chi connectivity index (χ3n) is 4.44. The Morgan fingerprint density at radius 2 is 2.04 bits per heavy atom. The lowest BCUT2D eigenvalue weighted by atomic mass is 10.2. The molecule has 0 N–H and O–H groups in total. The molecule has 0 bridgehead atoms. The van der Waals surface area contributed by atoms with Crippen LogP contribution in [-0.4, -0.2) is 30.7 Å². The first-order chi connectivity index (χ1) is 12.2. The molecule has 1 saturated carbocycles. The number of carbonyl (C=O) groups excluding carboxylic acids is 1. The predicted molar refractivity (Wildman–Crippen MR) is 97.3 cm³/mol. The van der Waals surface area contributed by atoms with E-state index < -0.39 is 11.6 Å². The molecule has 0 radical (unpaired) electrons. The molecule has 0 saturated heterocycles. The Hall–Kier alpha value is -2.70. The zero-order valence-corrected chi connectivity index (χ0v) is 15.4. The normalized spacial score (nSPS) is 14.9. The second-order valence-electron chi connectivity index (χ2n) is 7.91. The Morgan fingerprint density at radius 1 is 1.31 bits per heavy atom. The maximum absolute atomic E-state index is 13.1. The van der Waals surface area contributed by atoms with Gasteiger partial charge in [0.25, 0.3) is 5.56 Å². The first-order valence-electron chi connectivity index (χ1n) is 8.84. The Morgan fingerprint density at radius 3 is 2.69 bits per heavy atom. The standard InChI is InChI=1S/C19H22N4O3/c1-11-5-8-13-16(21-11)23-17(14(9-20-23)12-6-7-12)22(18(13)25)10-15(24)26-19(2,3)4/h5,8-9,12H,6-7,10H2,1-4H3. The lowest BCUT2D eigenvalue weighted by Gasteiger charge is -2.20. The van der Waals surface area contributed by atoms with E-state index in [9.17, 15) is 9.59 Å². The number of fused-ring (bicyclic) bond motifs is 3. The van der Waals surface area contributed by atoms with E-state index in [1.54, 1.807) is 22.8 Å². The third kappa shape index (κ3) is 2.87. The number of aromatic nitrogens is 4. The van der Waals surface area contributed by atoms with E-state index in [2.05, 4.69) is 10.1 Å². The van der Waals surface area contributed by atoms with Gasteiger partial charge in [-0.05, 0) is 58.6 Å². The largest absolute Gasteiger partial charge is 0.459 e. The highest BCUT2D eigenvalue weighted by molar-refractivity contribution is 5.79. The SMILES string of the molecule is Cc1ccc2c(=O)n(CC(=O)OC(C)(C)C)c3c(C4CC4)cnn3c2n1. The van der Waals surface area contributed by atoms with Gasteiger partial charge in [0.1, 0.15) is 17.8 Å². The first kappa shape index (κ1) is 16.8. The zero-order chi connectivity index (χ0) is 18.6. The second-order valence-corrected chi connectivity index (χ2v) is 7.91. The summed E-state index contributed by atoms with van der Waals surface area (Å²) in [5.74, 6) is -0.0529. The minimum absolute atomic E-state index is 0.144. The highest BCUT2D eigenvalue weighted by atomic mass is 16.6. The second kappa shape index (κ2) is 5.65. The van der Waals surface area contributed by atoms with Crippen LogP contribution in [0.2, 0.25) is 0 Å². The summed E-state index contributed by atoms with van der Waals surface area (Å²) in [7, 11) is 0. The van der Waals surface area contributed by atoms with Crippen molar-refractivity contribution in [1.82, 2.24) is 19.2 Å².